The minimum Gasteiger partial charge on any atom is -0.497 e. The second kappa shape index (κ2) is 7.36. The van der Waals surface area contributed by atoms with Gasteiger partial charge in [0.1, 0.15) is 5.75 Å². The first-order valence-corrected chi connectivity index (χ1v) is 5.99. The van der Waals surface area contributed by atoms with Gasteiger partial charge in [-0.2, -0.15) is 0 Å². The average molecular weight is 287 g/mol. The molecule has 0 aliphatic rings. The maximum Gasteiger partial charge on any atom is 0.253 e. The first-order valence-electron chi connectivity index (χ1n) is 5.99. The zero-order chi connectivity index (χ0) is 13.8. The molecule has 0 radical (unpaired) electrons. The molecule has 0 aliphatic carbocycles. The van der Waals surface area contributed by atoms with E-state index in [0.29, 0.717) is 18.7 Å². The molecular formula is C14H23ClN2O2. The van der Waals surface area contributed by atoms with Crippen molar-refractivity contribution in [1.29, 1.82) is 0 Å². The van der Waals surface area contributed by atoms with Crippen molar-refractivity contribution in [3.05, 3.63) is 29.8 Å². The molecule has 4 nitrogen and oxygen atoms in total. The summed E-state index contributed by atoms with van der Waals surface area (Å²) in [5, 5.41) is 0. The maximum absolute atomic E-state index is 12.2. The number of amides is 1. The molecule has 0 atom stereocenters. The standard InChI is InChI=1S/C14H22N2O2.ClH/c1-14(2,9-15)10-16(3)13(17)11-5-7-12(18-4)8-6-11;/h5-8H,9-10,15H2,1-4H3;1H. The van der Waals surface area contributed by atoms with Gasteiger partial charge < -0.3 is 15.4 Å². The predicted octanol–water partition coefficient (Wildman–Crippen LogP) is 2.17. The summed E-state index contributed by atoms with van der Waals surface area (Å²) in [6.07, 6.45) is 0. The fraction of sp³-hybridized carbons (Fsp3) is 0.500. The van der Waals surface area contributed by atoms with Gasteiger partial charge in [-0.3, -0.25) is 4.79 Å². The number of carbonyl (C=O) groups excluding carboxylic acids is 1. The summed E-state index contributed by atoms with van der Waals surface area (Å²) in [6, 6.07) is 7.12. The zero-order valence-corrected chi connectivity index (χ0v) is 12.8. The smallest absolute Gasteiger partial charge is 0.253 e. The van der Waals surface area contributed by atoms with E-state index in [4.69, 9.17) is 10.5 Å². The molecule has 0 saturated heterocycles. The molecule has 0 aromatic heterocycles. The average Bonchev–Trinajstić information content (AvgIpc) is 2.37. The Morgan fingerprint density at radius 1 is 1.32 bits per heavy atom. The third kappa shape index (κ3) is 5.09. The van der Waals surface area contributed by atoms with E-state index in [9.17, 15) is 4.79 Å². The van der Waals surface area contributed by atoms with Crippen LogP contribution in [0.15, 0.2) is 24.3 Å². The molecule has 0 fully saturated rings. The summed E-state index contributed by atoms with van der Waals surface area (Å²) in [7, 11) is 3.40. The van der Waals surface area contributed by atoms with Gasteiger partial charge in [0.05, 0.1) is 7.11 Å². The molecule has 19 heavy (non-hydrogen) atoms. The highest BCUT2D eigenvalue weighted by Crippen LogP contribution is 2.17. The van der Waals surface area contributed by atoms with Crippen LogP contribution in [-0.2, 0) is 0 Å². The Labute approximate surface area is 121 Å². The van der Waals surface area contributed by atoms with E-state index in [2.05, 4.69) is 0 Å². The van der Waals surface area contributed by atoms with Crippen LogP contribution in [0.3, 0.4) is 0 Å². The van der Waals surface area contributed by atoms with Gasteiger partial charge in [-0.1, -0.05) is 13.8 Å². The molecule has 1 rings (SSSR count). The Kier molecular flexibility index (Phi) is 6.87. The summed E-state index contributed by atoms with van der Waals surface area (Å²) < 4.78 is 5.07. The van der Waals surface area contributed by atoms with Crippen LogP contribution < -0.4 is 10.5 Å². The lowest BCUT2D eigenvalue weighted by Crippen LogP contribution is -2.39. The monoisotopic (exact) mass is 286 g/mol. The van der Waals surface area contributed by atoms with E-state index < -0.39 is 0 Å². The van der Waals surface area contributed by atoms with Crippen molar-refractivity contribution in [3.8, 4) is 5.75 Å². The summed E-state index contributed by atoms with van der Waals surface area (Å²) in [4.78, 5) is 13.9. The number of carbonyl (C=O) groups is 1. The lowest BCUT2D eigenvalue weighted by Gasteiger charge is -2.29. The van der Waals surface area contributed by atoms with Crippen molar-refractivity contribution in [3.63, 3.8) is 0 Å². The van der Waals surface area contributed by atoms with Crippen LogP contribution in [0.25, 0.3) is 0 Å². The van der Waals surface area contributed by atoms with Crippen molar-refractivity contribution in [2.75, 3.05) is 27.2 Å². The highest BCUT2D eigenvalue weighted by molar-refractivity contribution is 5.94. The molecule has 108 valence electrons. The molecule has 1 amide bonds. The van der Waals surface area contributed by atoms with Crippen LogP contribution in [0, 0.1) is 5.41 Å². The summed E-state index contributed by atoms with van der Waals surface area (Å²) in [6.45, 7) is 5.27. The Hall–Kier alpha value is -1.26. The highest BCUT2D eigenvalue weighted by atomic mass is 35.5. The number of methoxy groups -OCH3 is 1. The lowest BCUT2D eigenvalue weighted by molar-refractivity contribution is 0.0740. The summed E-state index contributed by atoms with van der Waals surface area (Å²) >= 11 is 0. The molecule has 0 bridgehead atoms. The molecule has 0 unspecified atom stereocenters. The molecule has 1 aromatic carbocycles. The van der Waals surface area contributed by atoms with Crippen molar-refractivity contribution in [2.24, 2.45) is 11.1 Å². The molecular weight excluding hydrogens is 264 g/mol. The number of nitrogens with zero attached hydrogens (tertiary/aromatic N) is 1. The molecule has 0 heterocycles. The lowest BCUT2D eigenvalue weighted by atomic mass is 9.93. The van der Waals surface area contributed by atoms with E-state index in [1.165, 1.54) is 0 Å². The first-order chi connectivity index (χ1) is 8.39. The molecule has 0 spiro atoms. The molecule has 5 heteroatoms. The Morgan fingerprint density at radius 2 is 1.84 bits per heavy atom. The van der Waals surface area contributed by atoms with Gasteiger partial charge in [0.2, 0.25) is 0 Å². The van der Waals surface area contributed by atoms with Crippen LogP contribution >= 0.6 is 12.4 Å². The number of rotatable bonds is 5. The van der Waals surface area contributed by atoms with Crippen LogP contribution in [0.5, 0.6) is 5.75 Å². The third-order valence-corrected chi connectivity index (χ3v) is 2.90. The SMILES string of the molecule is COc1ccc(C(=O)N(C)CC(C)(C)CN)cc1.Cl. The van der Waals surface area contributed by atoms with E-state index in [-0.39, 0.29) is 23.7 Å². The van der Waals surface area contributed by atoms with Crippen LogP contribution in [-0.4, -0.2) is 38.1 Å². The van der Waals surface area contributed by atoms with E-state index in [0.717, 1.165) is 5.75 Å². The fourth-order valence-electron chi connectivity index (χ4n) is 1.73. The highest BCUT2D eigenvalue weighted by Gasteiger charge is 2.21. The molecule has 1 aromatic rings. The number of hydrogen-bond acceptors (Lipinski definition) is 3. The van der Waals surface area contributed by atoms with Gasteiger partial charge in [0.25, 0.3) is 5.91 Å². The minimum atomic E-state index is -0.0725. The first kappa shape index (κ1) is 17.7. The summed E-state index contributed by atoms with van der Waals surface area (Å²) in [5.41, 5.74) is 6.26. The second-order valence-electron chi connectivity index (χ2n) is 5.26. The largest absolute Gasteiger partial charge is 0.497 e. The topological polar surface area (TPSA) is 55.6 Å². The van der Waals surface area contributed by atoms with Gasteiger partial charge in [-0.25, -0.2) is 0 Å². The van der Waals surface area contributed by atoms with Crippen molar-refractivity contribution < 1.29 is 9.53 Å². The molecule has 2 N–H and O–H groups in total. The van der Waals surface area contributed by atoms with Crippen LogP contribution in [0.1, 0.15) is 24.2 Å². The van der Waals surface area contributed by atoms with Crippen LogP contribution in [0.2, 0.25) is 0 Å². The van der Waals surface area contributed by atoms with E-state index >= 15 is 0 Å². The van der Waals surface area contributed by atoms with Gasteiger partial charge >= 0.3 is 0 Å². The van der Waals surface area contributed by atoms with E-state index in [1.807, 2.05) is 13.8 Å². The van der Waals surface area contributed by atoms with Gasteiger partial charge in [-0.15, -0.1) is 12.4 Å². The van der Waals surface area contributed by atoms with Gasteiger partial charge in [0.15, 0.2) is 0 Å². The predicted molar refractivity (Wildman–Crippen MR) is 80.0 cm³/mol. The number of ether oxygens (including phenoxy) is 1. The third-order valence-electron chi connectivity index (χ3n) is 2.90. The van der Waals surface area contributed by atoms with Crippen molar-refractivity contribution >= 4 is 18.3 Å². The quantitative estimate of drug-likeness (QED) is 0.902. The number of benzene rings is 1. The number of halogens is 1. The van der Waals surface area contributed by atoms with Gasteiger partial charge in [-0.05, 0) is 36.2 Å². The number of nitrogens with two attached hydrogens (primary N) is 1. The Balaban J connectivity index is 0.00000324. The minimum absolute atomic E-state index is 0. The van der Waals surface area contributed by atoms with Gasteiger partial charge in [0, 0.05) is 19.2 Å². The van der Waals surface area contributed by atoms with Crippen LogP contribution in [0.4, 0.5) is 0 Å². The normalized spacial score (nSPS) is 10.6. The second-order valence-corrected chi connectivity index (χ2v) is 5.26. The van der Waals surface area contributed by atoms with Crippen molar-refractivity contribution in [2.45, 2.75) is 13.8 Å². The maximum atomic E-state index is 12.2. The molecule has 0 saturated carbocycles. The number of hydrogen-bond donors (Lipinski definition) is 1. The molecule has 0 aliphatic heterocycles. The van der Waals surface area contributed by atoms with Crippen molar-refractivity contribution in [1.82, 2.24) is 4.90 Å². The fourth-order valence-corrected chi connectivity index (χ4v) is 1.73. The van der Waals surface area contributed by atoms with E-state index in [1.54, 1.807) is 43.3 Å². The zero-order valence-electron chi connectivity index (χ0n) is 12.0. The summed E-state index contributed by atoms with van der Waals surface area (Å²) in [5.74, 6) is 0.746. The Morgan fingerprint density at radius 3 is 2.26 bits per heavy atom. The Bertz CT molecular complexity index is 404.